The van der Waals surface area contributed by atoms with Gasteiger partial charge >= 0.3 is 0 Å². The number of nitrogens with one attached hydrogen (secondary N) is 2. The monoisotopic (exact) mass is 943 g/mol. The van der Waals surface area contributed by atoms with Gasteiger partial charge in [-0.1, -0.05) is 231 Å². The van der Waals surface area contributed by atoms with Crippen molar-refractivity contribution in [3.8, 4) is 0 Å². The minimum absolute atomic E-state index is 0.226. The Kier molecular flexibility index (Phi) is 15.7. The van der Waals surface area contributed by atoms with Crippen LogP contribution in [0.3, 0.4) is 0 Å². The molecule has 4 N–H and O–H groups in total. The molecule has 0 bridgehead atoms. The van der Waals surface area contributed by atoms with Gasteiger partial charge in [-0.25, -0.2) is 0 Å². The molecule has 8 aromatic rings. The van der Waals surface area contributed by atoms with Gasteiger partial charge in [0.2, 0.25) is 11.8 Å². The van der Waals surface area contributed by atoms with E-state index < -0.39 is 40.5 Å². The summed E-state index contributed by atoms with van der Waals surface area (Å²) in [7, 11) is 0. The Morgan fingerprint density at radius 1 is 0.408 bits per heavy atom. The van der Waals surface area contributed by atoms with Gasteiger partial charge in [-0.05, 0) is 95.5 Å². The fraction of sp³-hybridized carbons (Fsp3) is 0.292. The number of aryl methyl sites for hydroxylation is 4. The van der Waals surface area contributed by atoms with Crippen molar-refractivity contribution in [2.24, 2.45) is 5.41 Å². The Hall–Kier alpha value is -6.86. The van der Waals surface area contributed by atoms with E-state index in [1.807, 2.05) is 175 Å². The number of carbonyl (C=O) groups is 2. The van der Waals surface area contributed by atoms with Crippen molar-refractivity contribution >= 4 is 33.4 Å². The largest absolute Gasteiger partial charge is 0.387 e. The zero-order valence-electron chi connectivity index (χ0n) is 42.3. The summed E-state index contributed by atoms with van der Waals surface area (Å²) in [4.78, 5) is 32.3. The Morgan fingerprint density at radius 2 is 0.690 bits per heavy atom. The molecule has 0 aliphatic rings. The van der Waals surface area contributed by atoms with Crippen molar-refractivity contribution in [2.75, 3.05) is 0 Å². The number of benzene rings is 8. The normalized spacial score (nSPS) is 13.0. The minimum atomic E-state index is -1.60. The van der Waals surface area contributed by atoms with Crippen LogP contribution in [0.2, 0.25) is 0 Å². The summed E-state index contributed by atoms with van der Waals surface area (Å²) >= 11 is 0. The highest BCUT2D eigenvalue weighted by Gasteiger charge is 2.50. The molecule has 0 fully saturated rings. The maximum absolute atomic E-state index is 16.1. The molecular formula is C65H70N2O4. The highest BCUT2D eigenvalue weighted by atomic mass is 16.3. The number of aliphatic hydroxyl groups is 2. The summed E-state index contributed by atoms with van der Waals surface area (Å²) in [5.74, 6) is -0.916. The second-order valence-electron chi connectivity index (χ2n) is 20.4. The van der Waals surface area contributed by atoms with E-state index in [1.54, 1.807) is 0 Å². The Morgan fingerprint density at radius 3 is 0.986 bits per heavy atom. The van der Waals surface area contributed by atoms with Gasteiger partial charge in [-0.3, -0.25) is 9.59 Å². The molecule has 6 nitrogen and oxygen atoms in total. The maximum Gasteiger partial charge on any atom is 0.236 e. The molecule has 71 heavy (non-hydrogen) atoms. The number of carbonyl (C=O) groups excluding carboxylic acids is 2. The lowest BCUT2D eigenvalue weighted by Crippen LogP contribution is -2.59. The highest BCUT2D eigenvalue weighted by molar-refractivity contribution is 6.06. The zero-order chi connectivity index (χ0) is 50.2. The number of rotatable bonds is 20. The van der Waals surface area contributed by atoms with Crippen LogP contribution in [0.1, 0.15) is 107 Å². The highest BCUT2D eigenvalue weighted by Crippen LogP contribution is 2.42. The number of hydrogen-bond acceptors (Lipinski definition) is 4. The van der Waals surface area contributed by atoms with E-state index in [-0.39, 0.29) is 38.5 Å². The first-order valence-electron chi connectivity index (χ1n) is 25.5. The zero-order valence-corrected chi connectivity index (χ0v) is 42.3. The molecule has 0 spiro atoms. The van der Waals surface area contributed by atoms with Crippen LogP contribution in [0.4, 0.5) is 0 Å². The number of amides is 2. The summed E-state index contributed by atoms with van der Waals surface area (Å²) in [5, 5.41) is 38.1. The first-order chi connectivity index (χ1) is 34.2. The van der Waals surface area contributed by atoms with E-state index in [2.05, 4.69) is 59.2 Å². The molecular weight excluding hydrogens is 873 g/mol. The first kappa shape index (κ1) is 50.5. The van der Waals surface area contributed by atoms with Gasteiger partial charge in [0, 0.05) is 25.7 Å². The summed E-state index contributed by atoms with van der Waals surface area (Å²) in [6, 6.07) is 59.0. The molecule has 6 heteroatoms. The van der Waals surface area contributed by atoms with Crippen LogP contribution >= 0.6 is 0 Å². The van der Waals surface area contributed by atoms with Gasteiger partial charge in [-0.2, -0.15) is 0 Å². The molecule has 0 heterocycles. The molecule has 2 atom stereocenters. The van der Waals surface area contributed by atoms with Crippen molar-refractivity contribution in [3.05, 3.63) is 238 Å². The molecule has 0 saturated heterocycles. The quantitative estimate of drug-likeness (QED) is 0.0572. The minimum Gasteiger partial charge on any atom is -0.387 e. The fourth-order valence-electron chi connectivity index (χ4n) is 10.9. The summed E-state index contributed by atoms with van der Waals surface area (Å²) in [6.45, 7) is 12.2. The summed E-state index contributed by atoms with van der Waals surface area (Å²) in [5.41, 5.74) is 4.92. The van der Waals surface area contributed by atoms with Crippen LogP contribution < -0.4 is 10.6 Å². The van der Waals surface area contributed by atoms with Crippen molar-refractivity contribution in [1.82, 2.24) is 10.6 Å². The van der Waals surface area contributed by atoms with Gasteiger partial charge in [-0.15, -0.1) is 0 Å². The van der Waals surface area contributed by atoms with Crippen LogP contribution in [0.15, 0.2) is 182 Å². The van der Waals surface area contributed by atoms with Gasteiger partial charge < -0.3 is 20.8 Å². The third kappa shape index (κ3) is 11.5. The van der Waals surface area contributed by atoms with Crippen molar-refractivity contribution in [2.45, 2.75) is 116 Å². The van der Waals surface area contributed by atoms with E-state index in [4.69, 9.17) is 0 Å². The molecule has 0 aliphatic carbocycles. The topological polar surface area (TPSA) is 98.7 Å². The van der Waals surface area contributed by atoms with Crippen molar-refractivity contribution in [3.63, 3.8) is 0 Å². The predicted molar refractivity (Wildman–Crippen MR) is 291 cm³/mol. The summed E-state index contributed by atoms with van der Waals surface area (Å²) in [6.07, 6.45) is 2.46. The molecule has 0 aliphatic heterocycles. The van der Waals surface area contributed by atoms with Gasteiger partial charge in [0.05, 0.1) is 23.3 Å². The molecule has 0 radical (unpaired) electrons. The molecule has 0 unspecified atom stereocenters. The van der Waals surface area contributed by atoms with E-state index in [0.717, 1.165) is 77.2 Å². The van der Waals surface area contributed by atoms with E-state index in [0.29, 0.717) is 12.8 Å². The van der Waals surface area contributed by atoms with Crippen LogP contribution in [0.5, 0.6) is 0 Å². The molecule has 2 amide bonds. The second-order valence-corrected chi connectivity index (χ2v) is 20.4. The van der Waals surface area contributed by atoms with Gasteiger partial charge in [0.1, 0.15) is 5.41 Å². The average molecular weight is 943 g/mol. The van der Waals surface area contributed by atoms with Gasteiger partial charge in [0.15, 0.2) is 0 Å². The van der Waals surface area contributed by atoms with Crippen LogP contribution in [-0.2, 0) is 35.3 Å². The third-order valence-corrected chi connectivity index (χ3v) is 14.6. The molecule has 8 aromatic carbocycles. The first-order valence-corrected chi connectivity index (χ1v) is 25.5. The molecule has 364 valence electrons. The second kappa shape index (κ2) is 22.1. The van der Waals surface area contributed by atoms with E-state index >= 15 is 9.59 Å². The SMILES string of the molecule is CCCC(CCC)(C(=O)N[C@@H](c1cccc2ccccc12)C(O)(Cc1ccc(C)cc1)Cc1ccc(C)cc1)C(=O)N[C@@H](c1cccc2ccccc12)C(O)(Cc1ccc(C)cc1)Cc1ccc(C)cc1. The molecule has 0 saturated carbocycles. The van der Waals surface area contributed by atoms with Crippen LogP contribution in [0, 0.1) is 33.1 Å². The van der Waals surface area contributed by atoms with Crippen LogP contribution in [0.25, 0.3) is 21.5 Å². The lowest BCUT2D eigenvalue weighted by molar-refractivity contribution is -0.149. The Bertz CT molecular complexity index is 2750. The predicted octanol–water partition coefficient (Wildman–Crippen LogP) is 13.3. The maximum atomic E-state index is 16.1. The molecule has 8 rings (SSSR count). The lowest BCUT2D eigenvalue weighted by Gasteiger charge is -2.43. The Labute approximate surface area is 421 Å². The lowest BCUT2D eigenvalue weighted by atomic mass is 9.73. The smallest absolute Gasteiger partial charge is 0.236 e. The standard InChI is InChI=1S/C65H70N2O4/c1-7-39-63(40-8-2,61(68)66-59(57-21-13-17-53-15-9-11-19-55(53)57)64(70,41-49-31-23-45(3)24-32-49)42-50-33-25-46(4)26-34-50)62(69)67-60(58-22-14-18-54-16-10-12-20-56(54)58)65(71,43-51-35-27-47(5)28-36-51)44-52-37-29-48(6)30-38-52/h9-38,59-60,70-71H,7-8,39-44H2,1-6H3,(H,66,68)(H,67,69)/t59-,60-/m0/s1. The van der Waals surface area contributed by atoms with E-state index in [1.165, 1.54) is 0 Å². The Balaban J connectivity index is 1.28. The third-order valence-electron chi connectivity index (χ3n) is 14.6. The fourth-order valence-corrected chi connectivity index (χ4v) is 10.9. The molecule has 0 aromatic heterocycles. The van der Waals surface area contributed by atoms with Crippen molar-refractivity contribution in [1.29, 1.82) is 0 Å². The van der Waals surface area contributed by atoms with E-state index in [9.17, 15) is 10.2 Å². The van der Waals surface area contributed by atoms with Gasteiger partial charge in [0.25, 0.3) is 0 Å². The van der Waals surface area contributed by atoms with Crippen molar-refractivity contribution < 1.29 is 19.8 Å². The number of fused-ring (bicyclic) bond motifs is 2. The average Bonchev–Trinajstić information content (AvgIpc) is 3.37. The number of hydrogen-bond donors (Lipinski definition) is 4. The van der Waals surface area contributed by atoms with Crippen LogP contribution in [-0.4, -0.2) is 33.2 Å². The summed E-state index contributed by atoms with van der Waals surface area (Å²) < 4.78 is 0.